The summed E-state index contributed by atoms with van der Waals surface area (Å²) in [6.07, 6.45) is 38.3. The van der Waals surface area contributed by atoms with E-state index in [-0.39, 0.29) is 13.2 Å². The maximum atomic E-state index is 11.8. The first-order valence-electron chi connectivity index (χ1n) is 19.2. The molecule has 0 amide bonds. The average Bonchev–Trinajstić information content (AvgIpc) is 3.03. The predicted octanol–water partition coefficient (Wildman–Crippen LogP) is 13.4. The fraction of sp³-hybridized carbons (Fsp3) is 1.00. The minimum atomic E-state index is -4.34. The van der Waals surface area contributed by atoms with Crippen LogP contribution in [0.25, 0.3) is 0 Å². The Balaban J connectivity index is 3.25. The molecule has 0 aliphatic rings. The maximum absolute atomic E-state index is 11.8. The summed E-state index contributed by atoms with van der Waals surface area (Å²) >= 11 is 3.56. The van der Waals surface area contributed by atoms with Crippen LogP contribution < -0.4 is 0 Å². The van der Waals surface area contributed by atoms with Crippen molar-refractivity contribution in [2.24, 2.45) is 0 Å². The standard InChI is InChI=1S/C36H75O6PS2/c1-3-5-7-9-11-13-15-17-19-21-23-25-27-29-33-44-35-31-39-41-43(37,38)42-40-32-36-45-34-30-28-26-24-22-20-18-16-14-12-10-8-6-4-2/h3-36H2,1-2H3,(H,37,38). The molecule has 0 spiro atoms. The molecule has 0 unspecified atom stereocenters. The minimum absolute atomic E-state index is 0.242. The number of hydrogen-bond donors (Lipinski definition) is 1. The summed E-state index contributed by atoms with van der Waals surface area (Å²) in [6.45, 7) is 5.04. The Morgan fingerprint density at radius 3 is 0.911 bits per heavy atom. The molecule has 0 fully saturated rings. The van der Waals surface area contributed by atoms with Crippen LogP contribution in [0.5, 0.6) is 0 Å². The molecule has 0 aromatic heterocycles. The van der Waals surface area contributed by atoms with E-state index in [0.717, 1.165) is 23.0 Å². The molecule has 0 bridgehead atoms. The van der Waals surface area contributed by atoms with Gasteiger partial charge in [-0.05, 0) is 24.3 Å². The number of phosphoric acid groups is 1. The van der Waals surface area contributed by atoms with Crippen molar-refractivity contribution >= 4 is 31.3 Å². The Hall–Kier alpha value is 0.730. The molecular formula is C36H75O6PS2. The van der Waals surface area contributed by atoms with Crippen LogP contribution in [0.4, 0.5) is 0 Å². The minimum Gasteiger partial charge on any atom is -0.299 e. The molecular weight excluding hydrogens is 623 g/mol. The van der Waals surface area contributed by atoms with Crippen molar-refractivity contribution in [3.05, 3.63) is 0 Å². The van der Waals surface area contributed by atoms with E-state index in [1.54, 1.807) is 23.5 Å². The van der Waals surface area contributed by atoms with Gasteiger partial charge in [-0.2, -0.15) is 23.5 Å². The van der Waals surface area contributed by atoms with Crippen molar-refractivity contribution in [1.82, 2.24) is 0 Å². The Bertz CT molecular complexity index is 556. The van der Waals surface area contributed by atoms with E-state index in [1.807, 2.05) is 0 Å². The maximum Gasteiger partial charge on any atom is 0.526 e. The number of hydrogen-bond acceptors (Lipinski definition) is 7. The van der Waals surface area contributed by atoms with E-state index in [1.165, 1.54) is 180 Å². The van der Waals surface area contributed by atoms with Crippen LogP contribution in [0.3, 0.4) is 0 Å². The molecule has 0 atom stereocenters. The topological polar surface area (TPSA) is 74.2 Å². The molecule has 9 heteroatoms. The lowest BCUT2D eigenvalue weighted by Crippen LogP contribution is -2.03. The average molecular weight is 699 g/mol. The van der Waals surface area contributed by atoms with E-state index < -0.39 is 7.82 Å². The lowest BCUT2D eigenvalue weighted by atomic mass is 10.0. The molecule has 0 aliphatic carbocycles. The smallest absolute Gasteiger partial charge is 0.299 e. The molecule has 0 aromatic carbocycles. The summed E-state index contributed by atoms with van der Waals surface area (Å²) in [5, 5.41) is 0. The zero-order valence-corrected chi connectivity index (χ0v) is 32.3. The van der Waals surface area contributed by atoms with E-state index >= 15 is 0 Å². The van der Waals surface area contributed by atoms with Gasteiger partial charge in [-0.1, -0.05) is 181 Å². The van der Waals surface area contributed by atoms with Crippen molar-refractivity contribution in [3.8, 4) is 0 Å². The summed E-state index contributed by atoms with van der Waals surface area (Å²) in [7, 11) is -4.34. The van der Waals surface area contributed by atoms with Crippen LogP contribution >= 0.6 is 31.3 Å². The van der Waals surface area contributed by atoms with E-state index in [4.69, 9.17) is 9.78 Å². The third-order valence-electron chi connectivity index (χ3n) is 8.20. The molecule has 0 saturated carbocycles. The zero-order chi connectivity index (χ0) is 32.8. The van der Waals surface area contributed by atoms with Gasteiger partial charge in [0, 0.05) is 11.5 Å². The SMILES string of the molecule is CCCCCCCCCCCCCCCCSCCOOP(=O)(O)OOCCSCCCCCCCCCCCCCCCC. The first-order chi connectivity index (χ1) is 22.1. The summed E-state index contributed by atoms with van der Waals surface area (Å²) in [5.41, 5.74) is 0. The van der Waals surface area contributed by atoms with Gasteiger partial charge in [-0.3, -0.25) is 4.89 Å². The fourth-order valence-corrected chi connectivity index (χ4v) is 7.44. The summed E-state index contributed by atoms with van der Waals surface area (Å²) in [4.78, 5) is 19.4. The molecule has 272 valence electrons. The molecule has 0 rings (SSSR count). The highest BCUT2D eigenvalue weighted by molar-refractivity contribution is 7.99. The summed E-state index contributed by atoms with van der Waals surface area (Å²) < 4.78 is 20.9. The normalized spacial score (nSPS) is 12.0. The number of thioether (sulfide) groups is 2. The predicted molar refractivity (Wildman–Crippen MR) is 199 cm³/mol. The molecule has 0 aromatic rings. The van der Waals surface area contributed by atoms with Crippen LogP contribution in [-0.4, -0.2) is 41.1 Å². The van der Waals surface area contributed by atoms with Crippen molar-refractivity contribution in [2.45, 2.75) is 194 Å². The molecule has 6 nitrogen and oxygen atoms in total. The van der Waals surface area contributed by atoms with Crippen molar-refractivity contribution in [2.75, 3.05) is 36.2 Å². The first-order valence-corrected chi connectivity index (χ1v) is 23.0. The second kappa shape index (κ2) is 39.2. The van der Waals surface area contributed by atoms with E-state index in [0.29, 0.717) is 0 Å². The van der Waals surface area contributed by atoms with Gasteiger partial charge in [0.05, 0.1) is 13.2 Å². The van der Waals surface area contributed by atoms with Gasteiger partial charge in [0.1, 0.15) is 0 Å². The number of unbranched alkanes of at least 4 members (excludes halogenated alkanes) is 26. The van der Waals surface area contributed by atoms with E-state index in [9.17, 15) is 9.46 Å². The monoisotopic (exact) mass is 698 g/mol. The Kier molecular flexibility index (Phi) is 39.8. The Morgan fingerprint density at radius 2 is 0.644 bits per heavy atom. The third-order valence-corrected chi connectivity index (χ3v) is 10.9. The van der Waals surface area contributed by atoms with Crippen LogP contribution in [0.15, 0.2) is 0 Å². The van der Waals surface area contributed by atoms with Crippen molar-refractivity contribution in [1.29, 1.82) is 0 Å². The zero-order valence-electron chi connectivity index (χ0n) is 29.8. The summed E-state index contributed by atoms with van der Waals surface area (Å²) in [6, 6.07) is 0. The lowest BCUT2D eigenvalue weighted by Gasteiger charge is -2.10. The third kappa shape index (κ3) is 40.8. The molecule has 0 aliphatic heterocycles. The Morgan fingerprint density at radius 1 is 0.400 bits per heavy atom. The highest BCUT2D eigenvalue weighted by Crippen LogP contribution is 2.43. The molecule has 0 radical (unpaired) electrons. The van der Waals surface area contributed by atoms with Crippen molar-refractivity contribution in [3.63, 3.8) is 0 Å². The molecule has 0 saturated heterocycles. The molecule has 1 N–H and O–H groups in total. The van der Waals surface area contributed by atoms with Crippen LogP contribution in [0.1, 0.15) is 194 Å². The molecule has 0 heterocycles. The largest absolute Gasteiger partial charge is 0.526 e. The Labute approximate surface area is 288 Å². The highest BCUT2D eigenvalue weighted by Gasteiger charge is 2.24. The van der Waals surface area contributed by atoms with Gasteiger partial charge in [-0.25, -0.2) is 14.3 Å². The second-order valence-electron chi connectivity index (χ2n) is 12.7. The van der Waals surface area contributed by atoms with Crippen LogP contribution in [0.2, 0.25) is 0 Å². The summed E-state index contributed by atoms with van der Waals surface area (Å²) in [5.74, 6) is 3.59. The van der Waals surface area contributed by atoms with Crippen LogP contribution in [0, 0.1) is 0 Å². The fourth-order valence-electron chi connectivity index (χ4n) is 5.41. The number of rotatable bonds is 40. The van der Waals surface area contributed by atoms with Gasteiger partial charge in [-0.15, -0.1) is 9.35 Å². The van der Waals surface area contributed by atoms with Gasteiger partial charge >= 0.3 is 7.82 Å². The van der Waals surface area contributed by atoms with Crippen LogP contribution in [-0.2, 0) is 23.7 Å². The molecule has 45 heavy (non-hydrogen) atoms. The first kappa shape index (κ1) is 45.7. The second-order valence-corrected chi connectivity index (χ2v) is 16.4. The quantitative estimate of drug-likeness (QED) is 0.0293. The van der Waals surface area contributed by atoms with Gasteiger partial charge < -0.3 is 0 Å². The van der Waals surface area contributed by atoms with Gasteiger partial charge in [0.2, 0.25) is 0 Å². The van der Waals surface area contributed by atoms with Gasteiger partial charge in [0.15, 0.2) is 0 Å². The van der Waals surface area contributed by atoms with Gasteiger partial charge in [0.25, 0.3) is 0 Å². The lowest BCUT2D eigenvalue weighted by molar-refractivity contribution is -0.274. The van der Waals surface area contributed by atoms with E-state index in [2.05, 4.69) is 23.2 Å². The highest BCUT2D eigenvalue weighted by atomic mass is 32.2. The van der Waals surface area contributed by atoms with Crippen molar-refractivity contribution < 1.29 is 28.6 Å².